The number of benzene rings is 1. The summed E-state index contributed by atoms with van der Waals surface area (Å²) in [5.74, 6) is -0.259. The van der Waals surface area contributed by atoms with Crippen molar-refractivity contribution in [3.05, 3.63) is 65.2 Å². The largest absolute Gasteiger partial charge is 0.256 e. The standard InChI is InChI=1S/C17H19FN2O2S/c1-23(21,22)20-11-3-6-17(20)16-5-2-4-15(19-16)12-13-7-9-14(18)10-8-13/h2,4-5,7-10,17H,3,6,11-12H2,1H3/t17-/m0/s1. The molecule has 0 spiro atoms. The van der Waals surface area contributed by atoms with Crippen LogP contribution < -0.4 is 0 Å². The molecule has 1 aromatic heterocycles. The van der Waals surface area contributed by atoms with E-state index >= 15 is 0 Å². The Labute approximate surface area is 136 Å². The highest BCUT2D eigenvalue weighted by Crippen LogP contribution is 2.32. The van der Waals surface area contributed by atoms with Crippen LogP contribution in [0.5, 0.6) is 0 Å². The molecule has 1 saturated heterocycles. The van der Waals surface area contributed by atoms with E-state index in [9.17, 15) is 12.8 Å². The fraction of sp³-hybridized carbons (Fsp3) is 0.353. The van der Waals surface area contributed by atoms with Crippen LogP contribution in [0.3, 0.4) is 0 Å². The fourth-order valence-electron chi connectivity index (χ4n) is 3.03. The van der Waals surface area contributed by atoms with Gasteiger partial charge in [0.25, 0.3) is 0 Å². The number of rotatable bonds is 4. The normalized spacial score (nSPS) is 19.1. The van der Waals surface area contributed by atoms with Crippen LogP contribution in [0.2, 0.25) is 0 Å². The summed E-state index contributed by atoms with van der Waals surface area (Å²) >= 11 is 0. The minimum Gasteiger partial charge on any atom is -0.256 e. The molecule has 0 unspecified atom stereocenters. The predicted octanol–water partition coefficient (Wildman–Crippen LogP) is 2.91. The predicted molar refractivity (Wildman–Crippen MR) is 87.0 cm³/mol. The van der Waals surface area contributed by atoms with Crippen LogP contribution >= 0.6 is 0 Å². The van der Waals surface area contributed by atoms with Gasteiger partial charge >= 0.3 is 0 Å². The van der Waals surface area contributed by atoms with Gasteiger partial charge in [-0.2, -0.15) is 4.31 Å². The third-order valence-electron chi connectivity index (χ3n) is 4.10. The van der Waals surface area contributed by atoms with E-state index < -0.39 is 10.0 Å². The van der Waals surface area contributed by atoms with E-state index in [0.717, 1.165) is 29.8 Å². The molecule has 1 fully saturated rings. The summed E-state index contributed by atoms with van der Waals surface area (Å²) in [5.41, 5.74) is 2.62. The molecule has 1 atom stereocenters. The fourth-order valence-corrected chi connectivity index (χ4v) is 4.16. The molecule has 3 rings (SSSR count). The van der Waals surface area contributed by atoms with Gasteiger partial charge in [0.15, 0.2) is 0 Å². The second kappa shape index (κ2) is 6.37. The van der Waals surface area contributed by atoms with Crippen LogP contribution in [0.4, 0.5) is 4.39 Å². The molecular weight excluding hydrogens is 315 g/mol. The van der Waals surface area contributed by atoms with Crippen molar-refractivity contribution in [1.29, 1.82) is 0 Å². The summed E-state index contributed by atoms with van der Waals surface area (Å²) in [6, 6.07) is 11.8. The maximum absolute atomic E-state index is 13.0. The zero-order valence-electron chi connectivity index (χ0n) is 12.9. The molecule has 23 heavy (non-hydrogen) atoms. The summed E-state index contributed by atoms with van der Waals surface area (Å²) in [6.07, 6.45) is 3.48. The lowest BCUT2D eigenvalue weighted by atomic mass is 10.1. The van der Waals surface area contributed by atoms with Crippen LogP contribution in [0.25, 0.3) is 0 Å². The molecule has 0 aliphatic carbocycles. The lowest BCUT2D eigenvalue weighted by Crippen LogP contribution is -2.30. The van der Waals surface area contributed by atoms with Gasteiger partial charge in [-0.25, -0.2) is 12.8 Å². The van der Waals surface area contributed by atoms with E-state index in [-0.39, 0.29) is 11.9 Å². The number of hydrogen-bond donors (Lipinski definition) is 0. The lowest BCUT2D eigenvalue weighted by Gasteiger charge is -2.22. The average molecular weight is 334 g/mol. The first kappa shape index (κ1) is 16.1. The van der Waals surface area contributed by atoms with Crippen molar-refractivity contribution in [2.45, 2.75) is 25.3 Å². The van der Waals surface area contributed by atoms with Crippen LogP contribution in [-0.2, 0) is 16.4 Å². The topological polar surface area (TPSA) is 50.3 Å². The summed E-state index contributed by atoms with van der Waals surface area (Å²) in [7, 11) is -3.22. The maximum Gasteiger partial charge on any atom is 0.211 e. The number of aromatic nitrogens is 1. The van der Waals surface area contributed by atoms with Crippen LogP contribution in [0.15, 0.2) is 42.5 Å². The first-order valence-electron chi connectivity index (χ1n) is 7.60. The van der Waals surface area contributed by atoms with E-state index in [1.807, 2.05) is 18.2 Å². The van der Waals surface area contributed by atoms with Crippen molar-refractivity contribution >= 4 is 10.0 Å². The SMILES string of the molecule is CS(=O)(=O)N1CCC[C@H]1c1cccc(Cc2ccc(F)cc2)n1. The number of halogens is 1. The summed E-state index contributed by atoms with van der Waals surface area (Å²) < 4.78 is 38.3. The van der Waals surface area contributed by atoms with Crippen molar-refractivity contribution in [2.75, 3.05) is 12.8 Å². The Bertz CT molecular complexity index is 790. The lowest BCUT2D eigenvalue weighted by molar-refractivity contribution is 0.393. The second-order valence-electron chi connectivity index (χ2n) is 5.89. The number of pyridine rings is 1. The van der Waals surface area contributed by atoms with Gasteiger partial charge < -0.3 is 0 Å². The van der Waals surface area contributed by atoms with Gasteiger partial charge in [-0.1, -0.05) is 18.2 Å². The molecule has 0 N–H and O–H groups in total. The molecule has 6 heteroatoms. The van der Waals surface area contributed by atoms with Crippen molar-refractivity contribution in [3.8, 4) is 0 Å². The van der Waals surface area contributed by atoms with Crippen LogP contribution in [0, 0.1) is 5.82 Å². The van der Waals surface area contributed by atoms with E-state index in [1.54, 1.807) is 12.1 Å². The zero-order chi connectivity index (χ0) is 16.4. The van der Waals surface area contributed by atoms with E-state index in [0.29, 0.717) is 13.0 Å². The summed E-state index contributed by atoms with van der Waals surface area (Å²) in [6.45, 7) is 0.549. The van der Waals surface area contributed by atoms with Gasteiger partial charge in [0, 0.05) is 18.7 Å². The Morgan fingerprint density at radius 1 is 1.22 bits per heavy atom. The third-order valence-corrected chi connectivity index (χ3v) is 5.39. The van der Waals surface area contributed by atoms with Gasteiger partial charge in [-0.05, 0) is 42.7 Å². The highest BCUT2D eigenvalue weighted by Gasteiger charge is 2.33. The Hall–Kier alpha value is -1.79. The first-order chi connectivity index (χ1) is 10.9. The number of sulfonamides is 1. The summed E-state index contributed by atoms with van der Waals surface area (Å²) in [5, 5.41) is 0. The monoisotopic (exact) mass is 334 g/mol. The highest BCUT2D eigenvalue weighted by molar-refractivity contribution is 7.88. The van der Waals surface area contributed by atoms with Crippen LogP contribution in [0.1, 0.15) is 35.8 Å². The Morgan fingerprint density at radius 2 is 1.96 bits per heavy atom. The van der Waals surface area contributed by atoms with E-state index in [4.69, 9.17) is 0 Å². The second-order valence-corrected chi connectivity index (χ2v) is 7.82. The summed E-state index contributed by atoms with van der Waals surface area (Å²) in [4.78, 5) is 4.64. The van der Waals surface area contributed by atoms with Crippen LogP contribution in [-0.4, -0.2) is 30.5 Å². The molecule has 1 aromatic carbocycles. The van der Waals surface area contributed by atoms with Gasteiger partial charge in [0.2, 0.25) is 10.0 Å². The Morgan fingerprint density at radius 3 is 2.65 bits per heavy atom. The smallest absolute Gasteiger partial charge is 0.211 e. The Kier molecular flexibility index (Phi) is 4.46. The van der Waals surface area contributed by atoms with Crippen molar-refractivity contribution < 1.29 is 12.8 Å². The van der Waals surface area contributed by atoms with E-state index in [2.05, 4.69) is 4.98 Å². The van der Waals surface area contributed by atoms with E-state index in [1.165, 1.54) is 22.7 Å². The average Bonchev–Trinajstić information content (AvgIpc) is 3.00. The molecule has 2 heterocycles. The maximum atomic E-state index is 13.0. The first-order valence-corrected chi connectivity index (χ1v) is 9.45. The molecular formula is C17H19FN2O2S. The molecule has 2 aromatic rings. The molecule has 1 aliphatic heterocycles. The van der Waals surface area contributed by atoms with Crippen molar-refractivity contribution in [1.82, 2.24) is 9.29 Å². The molecule has 4 nitrogen and oxygen atoms in total. The molecule has 0 radical (unpaired) electrons. The van der Waals surface area contributed by atoms with Crippen molar-refractivity contribution in [2.24, 2.45) is 0 Å². The van der Waals surface area contributed by atoms with Crippen molar-refractivity contribution in [3.63, 3.8) is 0 Å². The van der Waals surface area contributed by atoms with Gasteiger partial charge in [-0.15, -0.1) is 0 Å². The Balaban J connectivity index is 1.83. The third kappa shape index (κ3) is 3.76. The molecule has 0 saturated carbocycles. The van der Waals surface area contributed by atoms with Gasteiger partial charge in [0.05, 0.1) is 18.0 Å². The molecule has 122 valence electrons. The number of nitrogens with zero attached hydrogens (tertiary/aromatic N) is 2. The minimum atomic E-state index is -3.22. The number of hydrogen-bond acceptors (Lipinski definition) is 3. The molecule has 1 aliphatic rings. The van der Waals surface area contributed by atoms with Gasteiger partial charge in [-0.3, -0.25) is 4.98 Å². The minimum absolute atomic E-state index is 0.182. The zero-order valence-corrected chi connectivity index (χ0v) is 13.8. The van der Waals surface area contributed by atoms with Gasteiger partial charge in [0.1, 0.15) is 5.82 Å². The molecule has 0 bridgehead atoms. The quantitative estimate of drug-likeness (QED) is 0.864. The molecule has 0 amide bonds. The highest BCUT2D eigenvalue weighted by atomic mass is 32.2.